The molecule has 0 bridgehead atoms. The summed E-state index contributed by atoms with van der Waals surface area (Å²) < 4.78 is 6.51. The maximum absolute atomic E-state index is 12.8. The maximum Gasteiger partial charge on any atom is 0.269 e. The van der Waals surface area contributed by atoms with Gasteiger partial charge in [-0.05, 0) is 41.4 Å². The van der Waals surface area contributed by atoms with Gasteiger partial charge in [-0.2, -0.15) is 0 Å². The van der Waals surface area contributed by atoms with Gasteiger partial charge in [-0.15, -0.1) is 0 Å². The number of benzene rings is 2. The van der Waals surface area contributed by atoms with Gasteiger partial charge in [0.25, 0.3) is 5.69 Å². The van der Waals surface area contributed by atoms with Gasteiger partial charge in [0.1, 0.15) is 5.78 Å². The average molecular weight is 430 g/mol. The Balaban J connectivity index is 2.22. The van der Waals surface area contributed by atoms with E-state index in [4.69, 9.17) is 4.43 Å². The molecule has 0 aliphatic carbocycles. The van der Waals surface area contributed by atoms with Crippen LogP contribution in [0, 0.1) is 10.1 Å². The van der Waals surface area contributed by atoms with Crippen LogP contribution < -0.4 is 0 Å². The molecule has 7 heteroatoms. The number of Topliss-reactive ketones (excluding diaryl/α,β-unsaturated/α-hetero) is 1. The van der Waals surface area contributed by atoms with Crippen molar-refractivity contribution in [2.24, 2.45) is 0 Å². The van der Waals surface area contributed by atoms with Crippen LogP contribution in [0.3, 0.4) is 0 Å². The van der Waals surface area contributed by atoms with E-state index in [-0.39, 0.29) is 29.4 Å². The van der Waals surface area contributed by atoms with Crippen LogP contribution in [-0.2, 0) is 9.22 Å². The molecule has 0 saturated carbocycles. The Labute approximate surface area is 179 Å². The molecule has 1 N–H and O–H groups in total. The van der Waals surface area contributed by atoms with Crippen LogP contribution >= 0.6 is 0 Å². The van der Waals surface area contributed by atoms with Crippen molar-refractivity contribution in [1.82, 2.24) is 0 Å². The molecule has 0 unspecified atom stereocenters. The quantitative estimate of drug-likeness (QED) is 0.312. The molecule has 0 radical (unpaired) electrons. The number of nitrogens with zero attached hydrogens (tertiary/aromatic N) is 1. The van der Waals surface area contributed by atoms with Crippen molar-refractivity contribution in [2.75, 3.05) is 0 Å². The summed E-state index contributed by atoms with van der Waals surface area (Å²) in [5.41, 5.74) is 1.42. The molecule has 2 aromatic carbocycles. The van der Waals surface area contributed by atoms with E-state index in [1.165, 1.54) is 12.1 Å². The first-order valence-corrected chi connectivity index (χ1v) is 13.0. The highest BCUT2D eigenvalue weighted by Gasteiger charge is 2.40. The summed E-state index contributed by atoms with van der Waals surface area (Å²) in [4.78, 5) is 23.3. The second-order valence-electron chi connectivity index (χ2n) is 9.09. The van der Waals surface area contributed by atoms with E-state index in [2.05, 4.69) is 33.9 Å². The van der Waals surface area contributed by atoms with Crippen molar-refractivity contribution in [3.8, 4) is 0 Å². The summed E-state index contributed by atoms with van der Waals surface area (Å²) in [6.07, 6.45) is -1.28. The Morgan fingerprint density at radius 2 is 1.60 bits per heavy atom. The van der Waals surface area contributed by atoms with Crippen molar-refractivity contribution in [1.29, 1.82) is 0 Å². The van der Waals surface area contributed by atoms with Crippen LogP contribution in [-0.4, -0.2) is 24.1 Å². The zero-order valence-corrected chi connectivity index (χ0v) is 19.3. The zero-order chi connectivity index (χ0) is 22.5. The van der Waals surface area contributed by atoms with Crippen molar-refractivity contribution in [2.45, 2.75) is 64.0 Å². The minimum Gasteiger partial charge on any atom is -0.409 e. The molecule has 2 aromatic rings. The third kappa shape index (κ3) is 6.32. The molecule has 2 rings (SSSR count). The lowest BCUT2D eigenvalue weighted by atomic mass is 9.98. The van der Waals surface area contributed by atoms with Crippen LogP contribution in [0.5, 0.6) is 0 Å². The molecule has 6 nitrogen and oxygen atoms in total. The van der Waals surface area contributed by atoms with Gasteiger partial charge < -0.3 is 9.53 Å². The fraction of sp³-hybridized carbons (Fsp3) is 0.435. The number of aliphatic hydroxyl groups is 1. The van der Waals surface area contributed by atoms with Crippen LogP contribution in [0.4, 0.5) is 5.69 Å². The van der Waals surface area contributed by atoms with Gasteiger partial charge >= 0.3 is 0 Å². The lowest BCUT2D eigenvalue weighted by molar-refractivity contribution is -0.384. The fourth-order valence-electron chi connectivity index (χ4n) is 2.87. The molecule has 30 heavy (non-hydrogen) atoms. The van der Waals surface area contributed by atoms with E-state index in [0.29, 0.717) is 5.56 Å². The Morgan fingerprint density at radius 3 is 2.10 bits per heavy atom. The molecular formula is C23H31NO5Si. The molecule has 0 aliphatic heterocycles. The molecule has 0 saturated heterocycles. The van der Waals surface area contributed by atoms with E-state index >= 15 is 0 Å². The number of hydrogen-bond donors (Lipinski definition) is 1. The van der Waals surface area contributed by atoms with E-state index in [1.807, 2.05) is 18.2 Å². The van der Waals surface area contributed by atoms with E-state index < -0.39 is 25.4 Å². The Kier molecular flexibility index (Phi) is 7.68. The number of nitro groups is 1. The average Bonchev–Trinajstić information content (AvgIpc) is 2.67. The number of hydrogen-bond acceptors (Lipinski definition) is 5. The summed E-state index contributed by atoms with van der Waals surface area (Å²) in [5.74, 6) is -0.117. The number of carbonyl (C=O) groups excluding carboxylic acids is 1. The number of carbonyl (C=O) groups is 1. The van der Waals surface area contributed by atoms with Crippen molar-refractivity contribution in [3.05, 3.63) is 75.8 Å². The summed E-state index contributed by atoms with van der Waals surface area (Å²) in [6, 6.07) is 15.2. The van der Waals surface area contributed by atoms with Crippen LogP contribution in [0.25, 0.3) is 0 Å². The second-order valence-corrected chi connectivity index (χ2v) is 13.8. The molecule has 0 amide bonds. The summed E-state index contributed by atoms with van der Waals surface area (Å²) in [5, 5.41) is 21.3. The standard InChI is InChI=1S/C23H31NO5Si/c1-23(2,3)30(4,5)29-22(18-11-13-19(14-12-18)24(27)28)16-20(25)15-21(26)17-9-7-6-8-10-17/h6-14,21-22,26H,15-16H2,1-5H3/t21-,22+/m1/s1. The van der Waals surface area contributed by atoms with Crippen molar-refractivity contribution in [3.63, 3.8) is 0 Å². The van der Waals surface area contributed by atoms with Crippen molar-refractivity contribution < 1.29 is 19.3 Å². The van der Waals surface area contributed by atoms with E-state index in [0.717, 1.165) is 5.56 Å². The van der Waals surface area contributed by atoms with Crippen LogP contribution in [0.2, 0.25) is 18.1 Å². The lowest BCUT2D eigenvalue weighted by Crippen LogP contribution is -2.42. The summed E-state index contributed by atoms with van der Waals surface area (Å²) in [7, 11) is -2.21. The van der Waals surface area contributed by atoms with Crippen LogP contribution in [0.1, 0.15) is 56.9 Å². The predicted molar refractivity (Wildman–Crippen MR) is 120 cm³/mol. The van der Waals surface area contributed by atoms with Gasteiger partial charge in [0.2, 0.25) is 0 Å². The monoisotopic (exact) mass is 429 g/mol. The first kappa shape index (κ1) is 23.9. The van der Waals surface area contributed by atoms with Crippen molar-refractivity contribution >= 4 is 19.8 Å². The smallest absolute Gasteiger partial charge is 0.269 e. The molecule has 2 atom stereocenters. The minimum atomic E-state index is -2.21. The Hall–Kier alpha value is -2.35. The normalized spacial score (nSPS) is 14.2. The lowest BCUT2D eigenvalue weighted by Gasteiger charge is -2.39. The van der Waals surface area contributed by atoms with Gasteiger partial charge in [0, 0.05) is 25.0 Å². The zero-order valence-electron chi connectivity index (χ0n) is 18.3. The molecule has 162 valence electrons. The highest BCUT2D eigenvalue weighted by atomic mass is 28.4. The van der Waals surface area contributed by atoms with Gasteiger partial charge in [-0.1, -0.05) is 51.1 Å². The van der Waals surface area contributed by atoms with Gasteiger partial charge in [0.15, 0.2) is 8.32 Å². The molecule has 0 aromatic heterocycles. The molecule has 0 aliphatic rings. The molecule has 0 spiro atoms. The first-order chi connectivity index (χ1) is 13.9. The van der Waals surface area contributed by atoms with Gasteiger partial charge in [-0.3, -0.25) is 14.9 Å². The fourth-order valence-corrected chi connectivity index (χ4v) is 4.15. The largest absolute Gasteiger partial charge is 0.409 e. The van der Waals surface area contributed by atoms with Gasteiger partial charge in [-0.25, -0.2) is 0 Å². The number of rotatable bonds is 9. The molecule has 0 fully saturated rings. The van der Waals surface area contributed by atoms with E-state index in [9.17, 15) is 20.0 Å². The number of aliphatic hydroxyl groups excluding tert-OH is 1. The number of ketones is 1. The SMILES string of the molecule is CC(C)(C)[Si](C)(C)O[C@@H](CC(=O)C[C@@H](O)c1ccccc1)c1ccc([N+](=O)[O-])cc1. The molecular weight excluding hydrogens is 398 g/mol. The maximum atomic E-state index is 12.8. The summed E-state index contributed by atoms with van der Waals surface area (Å²) in [6.45, 7) is 10.6. The van der Waals surface area contributed by atoms with E-state index in [1.54, 1.807) is 24.3 Å². The summed E-state index contributed by atoms with van der Waals surface area (Å²) >= 11 is 0. The topological polar surface area (TPSA) is 89.7 Å². The minimum absolute atomic E-state index is 0.00403. The second kappa shape index (κ2) is 9.64. The number of nitro benzene ring substituents is 1. The highest BCUT2D eigenvalue weighted by molar-refractivity contribution is 6.74. The number of non-ortho nitro benzene ring substituents is 1. The van der Waals surface area contributed by atoms with Gasteiger partial charge in [0.05, 0.1) is 17.1 Å². The third-order valence-electron chi connectivity index (χ3n) is 5.74. The predicted octanol–water partition coefficient (Wildman–Crippen LogP) is 5.74. The first-order valence-electron chi connectivity index (χ1n) is 10.1. The highest BCUT2D eigenvalue weighted by Crippen LogP contribution is 2.41. The Bertz CT molecular complexity index is 859. The Morgan fingerprint density at radius 1 is 1.03 bits per heavy atom. The third-order valence-corrected chi connectivity index (χ3v) is 10.2. The molecule has 0 heterocycles. The van der Waals surface area contributed by atoms with Crippen LogP contribution in [0.15, 0.2) is 54.6 Å².